The van der Waals surface area contributed by atoms with Gasteiger partial charge in [-0.25, -0.2) is 25.7 Å². The Bertz CT molecular complexity index is 639. The van der Waals surface area contributed by atoms with E-state index in [2.05, 4.69) is 25.6 Å². The van der Waals surface area contributed by atoms with Crippen LogP contribution in [0.25, 0.3) is 0 Å². The molecular weight excluding hydrogens is 282 g/mol. The van der Waals surface area contributed by atoms with Crippen LogP contribution in [0, 0.1) is 0 Å². The maximum absolute atomic E-state index is 11.6. The molecule has 4 N–H and O–H groups in total. The Kier molecular flexibility index (Phi) is 4.58. The van der Waals surface area contributed by atoms with Crippen molar-refractivity contribution in [1.82, 2.24) is 24.7 Å². The minimum atomic E-state index is -0.250. The van der Waals surface area contributed by atoms with Crippen molar-refractivity contribution < 1.29 is 4.74 Å². The minimum Gasteiger partial charge on any atom is -0.490 e. The van der Waals surface area contributed by atoms with Crippen LogP contribution in [0.5, 0.6) is 5.75 Å². The third-order valence-corrected chi connectivity index (χ3v) is 3.45. The number of nitrogens with zero attached hydrogens (tertiary/aromatic N) is 4. The van der Waals surface area contributed by atoms with Crippen molar-refractivity contribution in [3.05, 3.63) is 16.8 Å². The predicted octanol–water partition coefficient (Wildman–Crippen LogP) is 0.217. The van der Waals surface area contributed by atoms with Gasteiger partial charge < -0.3 is 10.2 Å². The van der Waals surface area contributed by atoms with Gasteiger partial charge >= 0.3 is 5.69 Å². The molecule has 0 fully saturated rings. The third kappa shape index (κ3) is 2.75. The van der Waals surface area contributed by atoms with E-state index in [0.29, 0.717) is 28.3 Å². The van der Waals surface area contributed by atoms with Gasteiger partial charge in [0.15, 0.2) is 21.7 Å². The lowest BCUT2D eigenvalue weighted by Crippen LogP contribution is -2.17. The van der Waals surface area contributed by atoms with Crippen LogP contribution in [0.1, 0.15) is 13.3 Å². The van der Waals surface area contributed by atoms with E-state index in [4.69, 9.17) is 10.6 Å². The molecule has 2 heterocycles. The Morgan fingerprint density at radius 1 is 1.55 bits per heavy atom. The van der Waals surface area contributed by atoms with Gasteiger partial charge in [0.05, 0.1) is 7.11 Å². The number of hydrogen-bond donors (Lipinski definition) is 3. The van der Waals surface area contributed by atoms with E-state index in [9.17, 15) is 4.79 Å². The molecule has 0 bridgehead atoms. The number of nitrogens with two attached hydrogens (primary N) is 1. The average molecular weight is 297 g/mol. The van der Waals surface area contributed by atoms with E-state index < -0.39 is 0 Å². The fourth-order valence-corrected chi connectivity index (χ4v) is 2.53. The van der Waals surface area contributed by atoms with Crippen LogP contribution in [0.4, 0.5) is 5.82 Å². The number of ether oxygens (including phenoxy) is 1. The van der Waals surface area contributed by atoms with E-state index in [0.717, 1.165) is 6.42 Å². The molecule has 0 aliphatic rings. The normalized spacial score (nSPS) is 10.6. The van der Waals surface area contributed by atoms with Crippen molar-refractivity contribution in [3.8, 4) is 5.75 Å². The SMILES string of the molecule is CCCn1c(Sc2ncnc(NN)c2OC)n[nH]c1=O. The van der Waals surface area contributed by atoms with Crippen molar-refractivity contribution in [3.63, 3.8) is 0 Å². The van der Waals surface area contributed by atoms with Gasteiger partial charge in [0.25, 0.3) is 0 Å². The van der Waals surface area contributed by atoms with E-state index in [1.807, 2.05) is 6.92 Å². The molecule has 10 heteroatoms. The molecule has 0 aromatic carbocycles. The van der Waals surface area contributed by atoms with Crippen LogP contribution < -0.4 is 21.7 Å². The fourth-order valence-electron chi connectivity index (χ4n) is 1.61. The molecule has 108 valence electrons. The van der Waals surface area contributed by atoms with Gasteiger partial charge in [-0.1, -0.05) is 6.92 Å². The second-order valence-electron chi connectivity index (χ2n) is 3.77. The molecule has 0 unspecified atom stereocenters. The Labute approximate surface area is 118 Å². The summed E-state index contributed by atoms with van der Waals surface area (Å²) in [5.41, 5.74) is 2.18. The number of methoxy groups -OCH3 is 1. The smallest absolute Gasteiger partial charge is 0.343 e. The number of anilines is 1. The molecule has 0 aliphatic carbocycles. The van der Waals surface area contributed by atoms with Crippen molar-refractivity contribution in [2.45, 2.75) is 30.1 Å². The van der Waals surface area contributed by atoms with Crippen LogP contribution in [0.2, 0.25) is 0 Å². The average Bonchev–Trinajstić information content (AvgIpc) is 2.80. The highest BCUT2D eigenvalue weighted by molar-refractivity contribution is 7.99. The summed E-state index contributed by atoms with van der Waals surface area (Å²) in [6.45, 7) is 2.56. The lowest BCUT2D eigenvalue weighted by Gasteiger charge is -2.10. The van der Waals surface area contributed by atoms with Gasteiger partial charge in [-0.15, -0.1) is 5.10 Å². The summed E-state index contributed by atoms with van der Waals surface area (Å²) in [6.07, 6.45) is 2.18. The molecule has 0 spiro atoms. The van der Waals surface area contributed by atoms with Gasteiger partial charge in [-0.05, 0) is 18.2 Å². The summed E-state index contributed by atoms with van der Waals surface area (Å²) in [7, 11) is 1.49. The highest BCUT2D eigenvalue weighted by atomic mass is 32.2. The number of hydrogen-bond acceptors (Lipinski definition) is 8. The van der Waals surface area contributed by atoms with Crippen LogP contribution in [0.3, 0.4) is 0 Å². The molecule has 20 heavy (non-hydrogen) atoms. The number of H-pyrrole nitrogens is 1. The number of aromatic nitrogens is 5. The zero-order valence-corrected chi connectivity index (χ0v) is 11.9. The summed E-state index contributed by atoms with van der Waals surface area (Å²) in [5, 5.41) is 7.43. The molecule has 0 saturated carbocycles. The largest absolute Gasteiger partial charge is 0.490 e. The first-order valence-corrected chi connectivity index (χ1v) is 6.71. The monoisotopic (exact) mass is 297 g/mol. The number of aromatic amines is 1. The van der Waals surface area contributed by atoms with Crippen molar-refractivity contribution in [2.75, 3.05) is 12.5 Å². The molecule has 0 aliphatic heterocycles. The molecular formula is C10H15N7O2S. The van der Waals surface area contributed by atoms with Gasteiger partial charge in [-0.3, -0.25) is 4.57 Å². The van der Waals surface area contributed by atoms with E-state index >= 15 is 0 Å². The zero-order chi connectivity index (χ0) is 14.5. The highest BCUT2D eigenvalue weighted by Gasteiger charge is 2.16. The lowest BCUT2D eigenvalue weighted by atomic mass is 10.5. The predicted molar refractivity (Wildman–Crippen MR) is 73.7 cm³/mol. The van der Waals surface area contributed by atoms with Gasteiger partial charge in [0.1, 0.15) is 6.33 Å². The quantitative estimate of drug-likeness (QED) is 0.393. The molecule has 2 aromatic heterocycles. The number of hydrazine groups is 1. The molecule has 2 aromatic rings. The van der Waals surface area contributed by atoms with Gasteiger partial charge in [-0.2, -0.15) is 0 Å². The molecule has 9 nitrogen and oxygen atoms in total. The lowest BCUT2D eigenvalue weighted by molar-refractivity contribution is 0.400. The fraction of sp³-hybridized carbons (Fsp3) is 0.400. The molecule has 0 radical (unpaired) electrons. The third-order valence-electron chi connectivity index (χ3n) is 2.47. The highest BCUT2D eigenvalue weighted by Crippen LogP contribution is 2.34. The van der Waals surface area contributed by atoms with Crippen molar-refractivity contribution in [1.29, 1.82) is 0 Å². The summed E-state index contributed by atoms with van der Waals surface area (Å²) >= 11 is 1.20. The second kappa shape index (κ2) is 6.39. The summed E-state index contributed by atoms with van der Waals surface area (Å²) in [6, 6.07) is 0. The van der Waals surface area contributed by atoms with Gasteiger partial charge in [0.2, 0.25) is 0 Å². The van der Waals surface area contributed by atoms with Crippen LogP contribution in [0.15, 0.2) is 21.3 Å². The van der Waals surface area contributed by atoms with Crippen LogP contribution in [-0.2, 0) is 6.54 Å². The Balaban J connectivity index is 2.37. The Morgan fingerprint density at radius 3 is 3.00 bits per heavy atom. The number of rotatable bonds is 6. The first kappa shape index (κ1) is 14.3. The number of nitrogen functional groups attached to an aromatic ring is 1. The number of nitrogens with one attached hydrogen (secondary N) is 2. The molecule has 0 saturated heterocycles. The summed E-state index contributed by atoms with van der Waals surface area (Å²) in [5.74, 6) is 6.13. The van der Waals surface area contributed by atoms with Crippen LogP contribution in [-0.4, -0.2) is 31.8 Å². The van der Waals surface area contributed by atoms with E-state index in [-0.39, 0.29) is 5.69 Å². The Morgan fingerprint density at radius 2 is 2.35 bits per heavy atom. The standard InChI is InChI=1S/C10H15N7O2S/c1-3-4-17-9(18)15-16-10(17)20-8-6(19-2)7(14-11)12-5-13-8/h5H,3-4,11H2,1-2H3,(H,15,18)(H,12,13,14). The Hall–Kier alpha value is -2.07. The van der Waals surface area contributed by atoms with Crippen molar-refractivity contribution >= 4 is 17.6 Å². The van der Waals surface area contributed by atoms with E-state index in [1.165, 1.54) is 25.2 Å². The van der Waals surface area contributed by atoms with Crippen molar-refractivity contribution in [2.24, 2.45) is 5.84 Å². The van der Waals surface area contributed by atoms with E-state index in [1.54, 1.807) is 4.57 Å². The first-order chi connectivity index (χ1) is 9.71. The topological polar surface area (TPSA) is 124 Å². The molecule has 0 amide bonds. The summed E-state index contributed by atoms with van der Waals surface area (Å²) in [4.78, 5) is 19.7. The maximum atomic E-state index is 11.6. The van der Waals surface area contributed by atoms with Gasteiger partial charge in [0, 0.05) is 6.54 Å². The minimum absolute atomic E-state index is 0.250. The first-order valence-electron chi connectivity index (χ1n) is 5.89. The summed E-state index contributed by atoms with van der Waals surface area (Å²) < 4.78 is 6.78. The molecule has 0 atom stereocenters. The zero-order valence-electron chi connectivity index (χ0n) is 11.1. The molecule has 2 rings (SSSR count). The van der Waals surface area contributed by atoms with Crippen LogP contribution >= 0.6 is 11.8 Å². The maximum Gasteiger partial charge on any atom is 0.343 e. The second-order valence-corrected chi connectivity index (χ2v) is 4.73.